The molecular weight excluding hydrogens is 433 g/mol. The van der Waals surface area contributed by atoms with E-state index in [4.69, 9.17) is 11.6 Å². The van der Waals surface area contributed by atoms with Crippen molar-refractivity contribution in [2.24, 2.45) is 0 Å². The predicted octanol–water partition coefficient (Wildman–Crippen LogP) is 5.44. The van der Waals surface area contributed by atoms with Crippen LogP contribution in [-0.4, -0.2) is 26.8 Å². The number of hydrogen-bond donors (Lipinski definition) is 2. The lowest BCUT2D eigenvalue weighted by atomic mass is 9.93. The summed E-state index contributed by atoms with van der Waals surface area (Å²) >= 11 is 5.84. The Balaban J connectivity index is 1.41. The van der Waals surface area contributed by atoms with Crippen molar-refractivity contribution in [3.05, 3.63) is 70.8 Å². The topological polar surface area (TPSA) is 84.2 Å². The summed E-state index contributed by atoms with van der Waals surface area (Å²) in [5, 5.41) is 17.2. The van der Waals surface area contributed by atoms with Crippen molar-refractivity contribution in [3.63, 3.8) is 0 Å². The number of aromatic carboxylic acids is 1. The average Bonchev–Trinajstić information content (AvgIpc) is 3.38. The summed E-state index contributed by atoms with van der Waals surface area (Å²) in [7, 11) is 0. The highest BCUT2D eigenvalue weighted by Crippen LogP contribution is 2.50. The molecule has 3 aromatic rings. The summed E-state index contributed by atoms with van der Waals surface area (Å²) in [4.78, 5) is 25.0. The highest BCUT2D eigenvalue weighted by atomic mass is 35.5. The van der Waals surface area contributed by atoms with Crippen LogP contribution in [0, 0.1) is 5.82 Å². The van der Waals surface area contributed by atoms with Crippen molar-refractivity contribution in [3.8, 4) is 11.1 Å². The summed E-state index contributed by atoms with van der Waals surface area (Å²) in [5.41, 5.74) is 1.01. The minimum atomic E-state index is -1.10. The van der Waals surface area contributed by atoms with Gasteiger partial charge in [0.2, 0.25) is 5.91 Å². The van der Waals surface area contributed by atoms with Gasteiger partial charge in [-0.2, -0.15) is 5.10 Å². The Morgan fingerprint density at radius 1 is 1.19 bits per heavy atom. The van der Waals surface area contributed by atoms with Gasteiger partial charge in [-0.05, 0) is 61.9 Å². The number of hydrogen-bond acceptors (Lipinski definition) is 3. The van der Waals surface area contributed by atoms with Gasteiger partial charge in [-0.15, -0.1) is 0 Å². The SMILES string of the molecule is O=C(O)c1cc(NC(=O)C2(c3ccc(Cl)cc3F)CC2)ccc1-c1cnn(C2CCC2)c1. The molecular formula is C24H21ClFN3O3. The second-order valence-corrected chi connectivity index (χ2v) is 8.96. The lowest BCUT2D eigenvalue weighted by Gasteiger charge is -2.25. The van der Waals surface area contributed by atoms with Gasteiger partial charge in [0.1, 0.15) is 5.82 Å². The van der Waals surface area contributed by atoms with Crippen molar-refractivity contribution in [1.82, 2.24) is 9.78 Å². The number of nitrogens with zero attached hydrogens (tertiary/aromatic N) is 2. The molecule has 2 saturated carbocycles. The first-order chi connectivity index (χ1) is 15.4. The number of halogens is 2. The monoisotopic (exact) mass is 453 g/mol. The largest absolute Gasteiger partial charge is 0.478 e. The molecule has 1 aromatic heterocycles. The molecule has 5 rings (SSSR count). The first-order valence-electron chi connectivity index (χ1n) is 10.6. The normalized spacial score (nSPS) is 16.9. The van der Waals surface area contributed by atoms with Crippen LogP contribution in [0.4, 0.5) is 10.1 Å². The van der Waals surface area contributed by atoms with E-state index in [2.05, 4.69) is 10.4 Å². The number of nitrogens with one attached hydrogen (secondary N) is 1. The maximum Gasteiger partial charge on any atom is 0.336 e. The molecule has 2 aliphatic carbocycles. The zero-order valence-corrected chi connectivity index (χ0v) is 17.9. The number of aromatic nitrogens is 2. The Morgan fingerprint density at radius 2 is 1.97 bits per heavy atom. The first-order valence-corrected chi connectivity index (χ1v) is 10.9. The van der Waals surface area contributed by atoms with Gasteiger partial charge in [0, 0.05) is 28.0 Å². The van der Waals surface area contributed by atoms with Crippen LogP contribution in [0.15, 0.2) is 48.8 Å². The van der Waals surface area contributed by atoms with E-state index in [9.17, 15) is 19.1 Å². The molecule has 0 bridgehead atoms. The fraction of sp³-hybridized carbons (Fsp3) is 0.292. The van der Waals surface area contributed by atoms with Gasteiger partial charge in [0.25, 0.3) is 0 Å². The van der Waals surface area contributed by atoms with Crippen LogP contribution in [0.25, 0.3) is 11.1 Å². The number of benzene rings is 2. The van der Waals surface area contributed by atoms with Crippen LogP contribution in [0.2, 0.25) is 5.02 Å². The van der Waals surface area contributed by atoms with Gasteiger partial charge in [0.15, 0.2) is 0 Å². The van der Waals surface area contributed by atoms with E-state index in [-0.39, 0.29) is 16.5 Å². The number of amides is 1. The quantitative estimate of drug-likeness (QED) is 0.520. The van der Waals surface area contributed by atoms with Gasteiger partial charge >= 0.3 is 5.97 Å². The summed E-state index contributed by atoms with van der Waals surface area (Å²) in [6.45, 7) is 0. The standard InChI is InChI=1S/C24H21ClFN3O3/c25-15-4-7-20(21(26)10-15)24(8-9-24)23(32)28-16-5-6-18(19(11-16)22(30)31)14-12-27-29(13-14)17-2-1-3-17/h4-7,10-13,17H,1-3,8-9H2,(H,28,32)(H,30,31). The molecule has 164 valence electrons. The Morgan fingerprint density at radius 3 is 2.59 bits per heavy atom. The third-order valence-electron chi connectivity index (χ3n) is 6.50. The second-order valence-electron chi connectivity index (χ2n) is 8.52. The van der Waals surface area contributed by atoms with Crippen molar-refractivity contribution < 1.29 is 19.1 Å². The molecule has 0 unspecified atom stereocenters. The Bertz CT molecular complexity index is 1230. The molecule has 0 saturated heterocycles. The number of anilines is 1. The molecule has 8 heteroatoms. The number of carbonyl (C=O) groups is 2. The Hall–Kier alpha value is -3.19. The maximum absolute atomic E-state index is 14.4. The molecule has 2 aliphatic rings. The second kappa shape index (κ2) is 7.74. The van der Waals surface area contributed by atoms with Crippen molar-refractivity contribution in [2.75, 3.05) is 5.32 Å². The number of rotatable bonds is 6. The van der Waals surface area contributed by atoms with Gasteiger partial charge in [-0.1, -0.05) is 23.7 Å². The van der Waals surface area contributed by atoms with Crippen LogP contribution in [0.5, 0.6) is 0 Å². The van der Waals surface area contributed by atoms with Crippen molar-refractivity contribution in [2.45, 2.75) is 43.6 Å². The van der Waals surface area contributed by atoms with E-state index in [1.807, 2.05) is 10.9 Å². The van der Waals surface area contributed by atoms with Crippen LogP contribution >= 0.6 is 11.6 Å². The smallest absolute Gasteiger partial charge is 0.336 e. The van der Waals surface area contributed by atoms with E-state index in [1.54, 1.807) is 24.4 Å². The van der Waals surface area contributed by atoms with Gasteiger partial charge in [-0.3, -0.25) is 9.48 Å². The minimum Gasteiger partial charge on any atom is -0.478 e. The molecule has 0 radical (unpaired) electrons. The zero-order valence-electron chi connectivity index (χ0n) is 17.1. The molecule has 2 N–H and O–H groups in total. The minimum absolute atomic E-state index is 0.0680. The highest BCUT2D eigenvalue weighted by Gasteiger charge is 2.52. The van der Waals surface area contributed by atoms with Gasteiger partial charge < -0.3 is 10.4 Å². The molecule has 0 spiro atoms. The summed E-state index contributed by atoms with van der Waals surface area (Å²) in [5.74, 6) is -1.98. The van der Waals surface area contributed by atoms with E-state index >= 15 is 0 Å². The van der Waals surface area contributed by atoms with Crippen LogP contribution in [-0.2, 0) is 10.2 Å². The fourth-order valence-corrected chi connectivity index (χ4v) is 4.41. The van der Waals surface area contributed by atoms with Gasteiger partial charge in [-0.25, -0.2) is 9.18 Å². The third kappa shape index (κ3) is 3.56. The average molecular weight is 454 g/mol. The number of carbonyl (C=O) groups excluding carboxylic acids is 1. The predicted molar refractivity (Wildman–Crippen MR) is 118 cm³/mol. The number of carboxylic acids is 1. The van der Waals surface area contributed by atoms with E-state index in [0.29, 0.717) is 41.3 Å². The van der Waals surface area contributed by atoms with E-state index in [1.165, 1.54) is 24.6 Å². The molecule has 32 heavy (non-hydrogen) atoms. The third-order valence-corrected chi connectivity index (χ3v) is 6.74. The molecule has 6 nitrogen and oxygen atoms in total. The number of carboxylic acid groups (broad SMARTS) is 1. The van der Waals surface area contributed by atoms with E-state index in [0.717, 1.165) is 12.8 Å². The lowest BCUT2D eigenvalue weighted by molar-refractivity contribution is -0.118. The molecule has 1 heterocycles. The van der Waals surface area contributed by atoms with Gasteiger partial charge in [0.05, 0.1) is 23.2 Å². The summed E-state index contributed by atoms with van der Waals surface area (Å²) in [6.07, 6.45) is 7.90. The van der Waals surface area contributed by atoms with Crippen molar-refractivity contribution >= 4 is 29.2 Å². The fourth-order valence-electron chi connectivity index (χ4n) is 4.25. The molecule has 0 atom stereocenters. The van der Waals surface area contributed by atoms with Crippen LogP contribution < -0.4 is 5.32 Å². The Kier molecular flexibility index (Phi) is 5.01. The highest BCUT2D eigenvalue weighted by molar-refractivity contribution is 6.30. The summed E-state index contributed by atoms with van der Waals surface area (Å²) < 4.78 is 16.3. The lowest BCUT2D eigenvalue weighted by Crippen LogP contribution is -2.28. The molecule has 2 fully saturated rings. The first kappa shape index (κ1) is 20.7. The molecule has 1 amide bonds. The maximum atomic E-state index is 14.4. The summed E-state index contributed by atoms with van der Waals surface area (Å²) in [6, 6.07) is 9.44. The van der Waals surface area contributed by atoms with Crippen LogP contribution in [0.3, 0.4) is 0 Å². The zero-order chi connectivity index (χ0) is 22.5. The molecule has 0 aliphatic heterocycles. The Labute approximate surface area is 189 Å². The van der Waals surface area contributed by atoms with Crippen LogP contribution in [0.1, 0.15) is 54.1 Å². The molecule has 2 aromatic carbocycles. The van der Waals surface area contributed by atoms with E-state index < -0.39 is 17.2 Å². The van der Waals surface area contributed by atoms with Crippen molar-refractivity contribution in [1.29, 1.82) is 0 Å².